The van der Waals surface area contributed by atoms with Gasteiger partial charge in [-0.15, -0.1) is 0 Å². The van der Waals surface area contributed by atoms with Gasteiger partial charge < -0.3 is 25.4 Å². The van der Waals surface area contributed by atoms with Crippen LogP contribution >= 0.6 is 12.6 Å². The number of hydrogen-bond acceptors (Lipinski definition) is 6. The van der Waals surface area contributed by atoms with Crippen molar-refractivity contribution in [2.24, 2.45) is 0 Å². The maximum absolute atomic E-state index is 10.8. The van der Waals surface area contributed by atoms with Gasteiger partial charge in [0.1, 0.15) is 6.04 Å². The minimum absolute atomic E-state index is 0.352. The van der Waals surface area contributed by atoms with Gasteiger partial charge in [0.15, 0.2) is 6.29 Å². The zero-order valence-electron chi connectivity index (χ0n) is 8.20. The lowest BCUT2D eigenvalue weighted by molar-refractivity contribution is -0.210. The Morgan fingerprint density at radius 2 is 2.13 bits per heavy atom. The highest BCUT2D eigenvalue weighted by Crippen LogP contribution is 2.23. The molecule has 1 fully saturated rings. The van der Waals surface area contributed by atoms with Crippen molar-refractivity contribution in [3.63, 3.8) is 0 Å². The highest BCUT2D eigenvalue weighted by atomic mass is 32.1. The van der Waals surface area contributed by atoms with Crippen LogP contribution in [0.5, 0.6) is 0 Å². The summed E-state index contributed by atoms with van der Waals surface area (Å²) in [6.45, 7) is 0.917. The Labute approximate surface area is 92.7 Å². The maximum atomic E-state index is 10.8. The number of carbonyl (C=O) groups excluding carboxylic acids is 1. The number of thiol groups is 1. The van der Waals surface area contributed by atoms with E-state index in [0.717, 1.165) is 0 Å². The van der Waals surface area contributed by atoms with E-state index in [1.54, 1.807) is 0 Å². The summed E-state index contributed by atoms with van der Waals surface area (Å²) < 4.78 is 4.99. The van der Waals surface area contributed by atoms with E-state index in [-0.39, 0.29) is 12.5 Å². The molecule has 0 unspecified atom stereocenters. The quantitative estimate of drug-likeness (QED) is 0.353. The first-order valence-corrected chi connectivity index (χ1v) is 5.06. The number of ether oxygens (including phenoxy) is 1. The number of hydrogen-bond donors (Lipinski definition) is 5. The Balaban J connectivity index is 2.70. The third kappa shape index (κ3) is 2.82. The van der Waals surface area contributed by atoms with E-state index in [2.05, 4.69) is 17.9 Å². The average Bonchev–Trinajstić information content (AvgIpc) is 2.18. The second-order valence-electron chi connectivity index (χ2n) is 3.46. The molecule has 1 rings (SSSR count). The fourth-order valence-electron chi connectivity index (χ4n) is 1.49. The largest absolute Gasteiger partial charge is 0.394 e. The van der Waals surface area contributed by atoms with Crippen LogP contribution in [0.2, 0.25) is 0 Å². The molecule has 0 saturated carbocycles. The Kier molecular flexibility index (Phi) is 4.35. The van der Waals surface area contributed by atoms with Crippen molar-refractivity contribution >= 4 is 18.5 Å². The molecule has 1 aliphatic rings. The van der Waals surface area contributed by atoms with E-state index in [0.29, 0.717) is 0 Å². The van der Waals surface area contributed by atoms with Crippen molar-refractivity contribution in [1.29, 1.82) is 0 Å². The highest BCUT2D eigenvalue weighted by Gasteiger charge is 2.43. The van der Waals surface area contributed by atoms with Gasteiger partial charge >= 0.3 is 0 Å². The normalized spacial score (nSPS) is 41.3. The first kappa shape index (κ1) is 12.7. The standard InChI is InChI=1S/C8H15NO5S/c1-3(11)9-5-6(12)7(15)4(2-10)14-8(5)13/h4-8,10,12-13,15H,2H2,1H3,(H,9,11)/t4-,5+,6-,7-,8-/m1/s1. The summed E-state index contributed by atoms with van der Waals surface area (Å²) in [6.07, 6.45) is -3.16. The number of aliphatic hydroxyl groups excluding tert-OH is 3. The molecule has 88 valence electrons. The van der Waals surface area contributed by atoms with Crippen molar-refractivity contribution in [1.82, 2.24) is 5.32 Å². The van der Waals surface area contributed by atoms with Crippen LogP contribution < -0.4 is 5.32 Å². The Bertz CT molecular complexity index is 239. The van der Waals surface area contributed by atoms with Crippen molar-refractivity contribution in [2.45, 2.75) is 36.7 Å². The molecule has 1 aliphatic heterocycles. The monoisotopic (exact) mass is 237 g/mol. The molecule has 1 amide bonds. The fraction of sp³-hybridized carbons (Fsp3) is 0.875. The van der Waals surface area contributed by atoms with Crippen LogP contribution in [0.15, 0.2) is 0 Å². The number of aliphatic hydroxyl groups is 3. The first-order chi connectivity index (χ1) is 6.97. The lowest BCUT2D eigenvalue weighted by Crippen LogP contribution is -2.62. The Morgan fingerprint density at radius 1 is 1.53 bits per heavy atom. The number of nitrogens with one attached hydrogen (secondary N) is 1. The molecule has 6 nitrogen and oxygen atoms in total. The van der Waals surface area contributed by atoms with Gasteiger partial charge in [-0.2, -0.15) is 12.6 Å². The Morgan fingerprint density at radius 3 is 2.60 bits per heavy atom. The predicted octanol–water partition coefficient (Wildman–Crippen LogP) is -2.14. The van der Waals surface area contributed by atoms with Gasteiger partial charge in [-0.1, -0.05) is 0 Å². The molecular formula is C8H15NO5S. The molecule has 0 aromatic rings. The van der Waals surface area contributed by atoms with Crippen molar-refractivity contribution in [2.75, 3.05) is 6.61 Å². The van der Waals surface area contributed by atoms with Crippen LogP contribution in [0.25, 0.3) is 0 Å². The number of rotatable bonds is 2. The molecular weight excluding hydrogens is 222 g/mol. The van der Waals surface area contributed by atoms with Gasteiger partial charge in [-0.05, 0) is 0 Å². The lowest BCUT2D eigenvalue weighted by Gasteiger charge is -2.40. The minimum Gasteiger partial charge on any atom is -0.394 e. The van der Waals surface area contributed by atoms with Crippen LogP contribution in [0.3, 0.4) is 0 Å². The summed E-state index contributed by atoms with van der Waals surface area (Å²) in [7, 11) is 0. The van der Waals surface area contributed by atoms with E-state index < -0.39 is 29.8 Å². The lowest BCUT2D eigenvalue weighted by atomic mass is 9.99. The summed E-state index contributed by atoms with van der Waals surface area (Å²) in [5.74, 6) is -0.385. The van der Waals surface area contributed by atoms with Gasteiger partial charge in [0.05, 0.1) is 24.1 Å². The summed E-state index contributed by atoms with van der Waals surface area (Å²) in [5.41, 5.74) is 0. The molecule has 5 atom stereocenters. The van der Waals surface area contributed by atoms with E-state index in [1.165, 1.54) is 6.92 Å². The summed E-state index contributed by atoms with van der Waals surface area (Å²) in [6, 6.07) is -0.923. The van der Waals surface area contributed by atoms with Gasteiger partial charge in [0.25, 0.3) is 0 Å². The van der Waals surface area contributed by atoms with E-state index in [4.69, 9.17) is 9.84 Å². The molecule has 15 heavy (non-hydrogen) atoms. The van der Waals surface area contributed by atoms with Crippen LogP contribution in [0.4, 0.5) is 0 Å². The molecule has 1 saturated heterocycles. The number of amides is 1. The van der Waals surface area contributed by atoms with Crippen LogP contribution in [0.1, 0.15) is 6.92 Å². The maximum Gasteiger partial charge on any atom is 0.217 e. The Hall–Kier alpha value is -0.340. The van der Waals surface area contributed by atoms with Gasteiger partial charge in [-0.3, -0.25) is 4.79 Å². The molecule has 0 aromatic carbocycles. The van der Waals surface area contributed by atoms with Crippen molar-refractivity contribution in [3.05, 3.63) is 0 Å². The molecule has 0 bridgehead atoms. The number of carbonyl (C=O) groups is 1. The fourth-order valence-corrected chi connectivity index (χ4v) is 1.84. The average molecular weight is 237 g/mol. The van der Waals surface area contributed by atoms with Crippen LogP contribution in [-0.2, 0) is 9.53 Å². The molecule has 0 radical (unpaired) electrons. The zero-order valence-corrected chi connectivity index (χ0v) is 9.09. The molecule has 1 heterocycles. The molecule has 7 heteroatoms. The van der Waals surface area contributed by atoms with Gasteiger partial charge in [0, 0.05) is 6.92 Å². The summed E-state index contributed by atoms with van der Waals surface area (Å²) in [4.78, 5) is 10.8. The smallest absolute Gasteiger partial charge is 0.217 e. The SMILES string of the molecule is CC(=O)N[C@H]1[C@@H](O)[C@H](S)[C@@H](CO)O[C@H]1O. The second kappa shape index (κ2) is 5.13. The summed E-state index contributed by atoms with van der Waals surface area (Å²) in [5, 5.41) is 29.8. The van der Waals surface area contributed by atoms with Gasteiger partial charge in [-0.25, -0.2) is 0 Å². The summed E-state index contributed by atoms with van der Waals surface area (Å²) >= 11 is 4.06. The van der Waals surface area contributed by atoms with Gasteiger partial charge in [0.2, 0.25) is 5.91 Å². The predicted molar refractivity (Wildman–Crippen MR) is 54.4 cm³/mol. The van der Waals surface area contributed by atoms with E-state index >= 15 is 0 Å². The highest BCUT2D eigenvalue weighted by molar-refractivity contribution is 7.81. The third-order valence-electron chi connectivity index (χ3n) is 2.27. The van der Waals surface area contributed by atoms with Crippen molar-refractivity contribution in [3.8, 4) is 0 Å². The minimum atomic E-state index is -1.34. The molecule has 0 aliphatic carbocycles. The first-order valence-electron chi connectivity index (χ1n) is 4.55. The van der Waals surface area contributed by atoms with Crippen molar-refractivity contribution < 1.29 is 24.9 Å². The van der Waals surface area contributed by atoms with Crippen LogP contribution in [-0.4, -0.2) is 57.6 Å². The van der Waals surface area contributed by atoms with E-state index in [1.807, 2.05) is 0 Å². The van der Waals surface area contributed by atoms with E-state index in [9.17, 15) is 15.0 Å². The third-order valence-corrected chi connectivity index (χ3v) is 2.91. The topological polar surface area (TPSA) is 99.0 Å². The zero-order chi connectivity index (χ0) is 11.6. The molecule has 0 spiro atoms. The second-order valence-corrected chi connectivity index (χ2v) is 4.05. The van der Waals surface area contributed by atoms with Crippen LogP contribution in [0, 0.1) is 0 Å². The molecule has 4 N–H and O–H groups in total. The molecule has 0 aromatic heterocycles.